The van der Waals surface area contributed by atoms with E-state index in [0.29, 0.717) is 5.56 Å². The van der Waals surface area contributed by atoms with Gasteiger partial charge in [-0.1, -0.05) is 25.5 Å². The van der Waals surface area contributed by atoms with Gasteiger partial charge in [0.05, 0.1) is 5.56 Å². The Morgan fingerprint density at radius 1 is 1.33 bits per heavy atom. The molecule has 0 saturated carbocycles. The molecule has 0 spiro atoms. The summed E-state index contributed by atoms with van der Waals surface area (Å²) in [5, 5.41) is 9.17. The lowest BCUT2D eigenvalue weighted by Crippen LogP contribution is -2.25. The number of rotatable bonds is 7. The Labute approximate surface area is 113 Å². The van der Waals surface area contributed by atoms with Crippen molar-refractivity contribution in [2.45, 2.75) is 25.7 Å². The average molecular weight is 267 g/mol. The van der Waals surface area contributed by atoms with Crippen molar-refractivity contribution < 1.29 is 9.90 Å². The third-order valence-electron chi connectivity index (χ3n) is 2.92. The van der Waals surface area contributed by atoms with Crippen molar-refractivity contribution in [3.63, 3.8) is 0 Å². The van der Waals surface area contributed by atoms with Crippen LogP contribution in [0.5, 0.6) is 0 Å². The number of aryl methyl sites for hydroxylation is 1. The van der Waals surface area contributed by atoms with Gasteiger partial charge in [0.2, 0.25) is 0 Å². The number of carboxylic acids is 1. The fraction of sp³-hybridized carbons (Fsp3) is 0.500. The van der Waals surface area contributed by atoms with Crippen LogP contribution in [0, 0.1) is 6.92 Å². The van der Waals surface area contributed by atoms with Crippen molar-refractivity contribution in [3.05, 3.63) is 29.3 Å². The zero-order valence-electron chi connectivity index (χ0n) is 11.3. The van der Waals surface area contributed by atoms with Gasteiger partial charge in [0.1, 0.15) is 0 Å². The predicted molar refractivity (Wildman–Crippen MR) is 76.7 cm³/mol. The summed E-state index contributed by atoms with van der Waals surface area (Å²) in [6.07, 6.45) is 0. The van der Waals surface area contributed by atoms with E-state index in [2.05, 4.69) is 18.7 Å². The van der Waals surface area contributed by atoms with Gasteiger partial charge < -0.3 is 10.0 Å². The molecular weight excluding hydrogens is 246 g/mol. The quantitative estimate of drug-likeness (QED) is 0.771. The summed E-state index contributed by atoms with van der Waals surface area (Å²) in [7, 11) is 0. The molecule has 1 N–H and O–H groups in total. The van der Waals surface area contributed by atoms with E-state index in [1.165, 1.54) is 0 Å². The van der Waals surface area contributed by atoms with Gasteiger partial charge in [0.15, 0.2) is 0 Å². The van der Waals surface area contributed by atoms with E-state index in [1.807, 2.05) is 19.1 Å². The third kappa shape index (κ3) is 4.35. The van der Waals surface area contributed by atoms with Gasteiger partial charge >= 0.3 is 5.97 Å². The lowest BCUT2D eigenvalue weighted by atomic mass is 10.1. The molecule has 0 saturated heterocycles. The van der Waals surface area contributed by atoms with Gasteiger partial charge in [0, 0.05) is 17.2 Å². The third-order valence-corrected chi connectivity index (χ3v) is 3.98. The molecule has 0 radical (unpaired) electrons. The number of carboxylic acid groups (broad SMARTS) is 1. The normalized spacial score (nSPS) is 10.9. The van der Waals surface area contributed by atoms with Crippen LogP contribution < -0.4 is 0 Å². The van der Waals surface area contributed by atoms with E-state index in [1.54, 1.807) is 17.8 Å². The number of aromatic carboxylic acids is 1. The van der Waals surface area contributed by atoms with E-state index < -0.39 is 5.97 Å². The molecular formula is C14H21NO2S. The number of hydrogen-bond donors (Lipinski definition) is 1. The Morgan fingerprint density at radius 2 is 2.00 bits per heavy atom. The second kappa shape index (κ2) is 7.44. The first-order chi connectivity index (χ1) is 8.58. The summed E-state index contributed by atoms with van der Waals surface area (Å²) < 4.78 is 0. The second-order valence-corrected chi connectivity index (χ2v) is 5.32. The monoisotopic (exact) mass is 267 g/mol. The van der Waals surface area contributed by atoms with Crippen molar-refractivity contribution in [2.75, 3.05) is 25.4 Å². The van der Waals surface area contributed by atoms with Crippen LogP contribution in [-0.2, 0) is 0 Å². The molecule has 0 fully saturated rings. The van der Waals surface area contributed by atoms with Gasteiger partial charge in [-0.2, -0.15) is 0 Å². The van der Waals surface area contributed by atoms with Gasteiger partial charge in [-0.3, -0.25) is 0 Å². The van der Waals surface area contributed by atoms with E-state index in [0.717, 1.165) is 35.8 Å². The highest BCUT2D eigenvalue weighted by molar-refractivity contribution is 7.99. The zero-order chi connectivity index (χ0) is 13.5. The van der Waals surface area contributed by atoms with E-state index in [-0.39, 0.29) is 0 Å². The minimum atomic E-state index is -0.843. The zero-order valence-corrected chi connectivity index (χ0v) is 12.1. The molecule has 4 heteroatoms. The maximum atomic E-state index is 11.2. The first kappa shape index (κ1) is 15.1. The molecule has 0 aliphatic rings. The topological polar surface area (TPSA) is 40.5 Å². The number of hydrogen-bond acceptors (Lipinski definition) is 3. The molecule has 0 amide bonds. The Balaban J connectivity index is 2.64. The maximum Gasteiger partial charge on any atom is 0.336 e. The highest BCUT2D eigenvalue weighted by Gasteiger charge is 2.10. The van der Waals surface area contributed by atoms with E-state index >= 15 is 0 Å². The molecule has 0 aromatic heterocycles. The number of benzene rings is 1. The Kier molecular flexibility index (Phi) is 6.22. The summed E-state index contributed by atoms with van der Waals surface area (Å²) in [6.45, 7) is 9.26. The highest BCUT2D eigenvalue weighted by Crippen LogP contribution is 2.24. The SMILES string of the molecule is CCN(CC)CCSc1ccc(C)cc1C(=O)O. The molecule has 100 valence electrons. The highest BCUT2D eigenvalue weighted by atomic mass is 32.2. The van der Waals surface area contributed by atoms with E-state index in [9.17, 15) is 4.79 Å². The lowest BCUT2D eigenvalue weighted by molar-refractivity contribution is 0.0693. The van der Waals surface area contributed by atoms with Crippen LogP contribution in [-0.4, -0.2) is 41.4 Å². The van der Waals surface area contributed by atoms with E-state index in [4.69, 9.17) is 5.11 Å². The van der Waals surface area contributed by atoms with Gasteiger partial charge in [0.25, 0.3) is 0 Å². The van der Waals surface area contributed by atoms with Crippen molar-refractivity contribution in [3.8, 4) is 0 Å². The maximum absolute atomic E-state index is 11.2. The van der Waals surface area contributed by atoms with Crippen LogP contribution in [0.2, 0.25) is 0 Å². The number of thioether (sulfide) groups is 1. The summed E-state index contributed by atoms with van der Waals surface area (Å²) in [6, 6.07) is 5.61. The van der Waals surface area contributed by atoms with Gasteiger partial charge in [-0.15, -0.1) is 11.8 Å². The van der Waals surface area contributed by atoms with Crippen LogP contribution in [0.15, 0.2) is 23.1 Å². The minimum Gasteiger partial charge on any atom is -0.478 e. The van der Waals surface area contributed by atoms with Crippen LogP contribution in [0.25, 0.3) is 0 Å². The fourth-order valence-electron chi connectivity index (χ4n) is 1.76. The summed E-state index contributed by atoms with van der Waals surface area (Å²) in [5.41, 5.74) is 1.40. The van der Waals surface area contributed by atoms with Crippen LogP contribution >= 0.6 is 11.8 Å². The Hall–Kier alpha value is -1.00. The molecule has 0 aliphatic carbocycles. The molecule has 3 nitrogen and oxygen atoms in total. The second-order valence-electron chi connectivity index (χ2n) is 4.18. The molecule has 0 atom stereocenters. The van der Waals surface area contributed by atoms with Crippen LogP contribution in [0.3, 0.4) is 0 Å². The molecule has 0 aliphatic heterocycles. The first-order valence-electron chi connectivity index (χ1n) is 6.27. The Bertz CT molecular complexity index is 403. The molecule has 1 aromatic carbocycles. The van der Waals surface area contributed by atoms with Crippen LogP contribution in [0.4, 0.5) is 0 Å². The summed E-state index contributed by atoms with van der Waals surface area (Å²) >= 11 is 1.62. The average Bonchev–Trinajstić information content (AvgIpc) is 2.36. The molecule has 1 aromatic rings. The lowest BCUT2D eigenvalue weighted by Gasteiger charge is -2.17. The van der Waals surface area contributed by atoms with Gasteiger partial charge in [-0.25, -0.2) is 4.79 Å². The fourth-order valence-corrected chi connectivity index (χ4v) is 2.80. The van der Waals surface area contributed by atoms with Crippen LogP contribution in [0.1, 0.15) is 29.8 Å². The Morgan fingerprint density at radius 3 is 2.56 bits per heavy atom. The summed E-state index contributed by atoms with van der Waals surface area (Å²) in [4.78, 5) is 14.4. The standard InChI is InChI=1S/C14H21NO2S/c1-4-15(5-2)8-9-18-13-7-6-11(3)10-12(13)14(16)17/h6-7,10H,4-5,8-9H2,1-3H3,(H,16,17). The number of nitrogens with zero attached hydrogens (tertiary/aromatic N) is 1. The van der Waals surface area contributed by atoms with Crippen molar-refractivity contribution in [2.24, 2.45) is 0 Å². The molecule has 18 heavy (non-hydrogen) atoms. The molecule has 0 heterocycles. The predicted octanol–water partition coefficient (Wildman–Crippen LogP) is 3.13. The molecule has 1 rings (SSSR count). The van der Waals surface area contributed by atoms with Crippen molar-refractivity contribution in [1.82, 2.24) is 4.90 Å². The van der Waals surface area contributed by atoms with Crippen molar-refractivity contribution >= 4 is 17.7 Å². The molecule has 0 bridgehead atoms. The summed E-state index contributed by atoms with van der Waals surface area (Å²) in [5.74, 6) is 0.0782. The smallest absolute Gasteiger partial charge is 0.336 e. The van der Waals surface area contributed by atoms with Crippen molar-refractivity contribution in [1.29, 1.82) is 0 Å². The molecule has 0 unspecified atom stereocenters. The first-order valence-corrected chi connectivity index (χ1v) is 7.26. The largest absolute Gasteiger partial charge is 0.478 e. The van der Waals surface area contributed by atoms with Gasteiger partial charge in [-0.05, 0) is 32.1 Å². The minimum absolute atomic E-state index is 0.416. The number of carbonyl (C=O) groups is 1.